The van der Waals surface area contributed by atoms with E-state index in [9.17, 15) is 4.79 Å². The molecule has 0 heterocycles. The van der Waals surface area contributed by atoms with Crippen molar-refractivity contribution < 1.29 is 9.53 Å². The fourth-order valence-electron chi connectivity index (χ4n) is 1.49. The molecule has 0 fully saturated rings. The van der Waals surface area contributed by atoms with E-state index in [2.05, 4.69) is 54.1 Å². The van der Waals surface area contributed by atoms with Crippen molar-refractivity contribution in [3.8, 4) is 0 Å². The Bertz CT molecular complexity index is 382. The third kappa shape index (κ3) is 3.76. The first kappa shape index (κ1) is 13.5. The first-order valence-corrected chi connectivity index (χ1v) is 9.22. The number of carbonyl (C=O) groups is 1. The molecule has 0 N–H and O–H groups in total. The van der Waals surface area contributed by atoms with Crippen LogP contribution in [0.5, 0.6) is 0 Å². The second kappa shape index (κ2) is 5.14. The Morgan fingerprint density at radius 2 is 2.00 bits per heavy atom. The number of esters is 1. The summed E-state index contributed by atoms with van der Waals surface area (Å²) in [4.78, 5) is 10.8. The van der Waals surface area contributed by atoms with Gasteiger partial charge < -0.3 is 4.74 Å². The average molecular weight is 301 g/mol. The van der Waals surface area contributed by atoms with Crippen LogP contribution < -0.4 is 5.19 Å². The molecule has 2 nitrogen and oxygen atoms in total. The Hall–Kier alpha value is -0.613. The highest BCUT2D eigenvalue weighted by Gasteiger charge is 2.25. The molecule has 0 amide bonds. The Kier molecular flexibility index (Phi) is 4.33. The summed E-state index contributed by atoms with van der Waals surface area (Å²) in [7, 11) is -1.68. The maximum atomic E-state index is 10.8. The number of halogens is 1. The summed E-state index contributed by atoms with van der Waals surface area (Å²) in [5, 5.41) is 1.31. The SMILES string of the molecule is CC(=O)OC[Si](C)(C)c1cc(C)cc(Br)c1. The van der Waals surface area contributed by atoms with Gasteiger partial charge in [-0.2, -0.15) is 0 Å². The summed E-state index contributed by atoms with van der Waals surface area (Å²) in [5.41, 5.74) is 1.23. The topological polar surface area (TPSA) is 26.3 Å². The molecule has 0 bridgehead atoms. The van der Waals surface area contributed by atoms with Crippen molar-refractivity contribution in [3.05, 3.63) is 28.2 Å². The van der Waals surface area contributed by atoms with Crippen LogP contribution in [0.4, 0.5) is 0 Å². The van der Waals surface area contributed by atoms with Gasteiger partial charge in [-0.1, -0.05) is 45.8 Å². The zero-order valence-electron chi connectivity index (χ0n) is 10.1. The Balaban J connectivity index is 2.92. The maximum absolute atomic E-state index is 10.8. The van der Waals surface area contributed by atoms with E-state index in [0.29, 0.717) is 6.23 Å². The maximum Gasteiger partial charge on any atom is 0.302 e. The summed E-state index contributed by atoms with van der Waals surface area (Å²) in [5.74, 6) is -0.202. The number of ether oxygens (including phenoxy) is 1. The van der Waals surface area contributed by atoms with Crippen molar-refractivity contribution in [1.29, 1.82) is 0 Å². The van der Waals surface area contributed by atoms with Crippen molar-refractivity contribution in [2.75, 3.05) is 6.23 Å². The van der Waals surface area contributed by atoms with Crippen LogP contribution >= 0.6 is 15.9 Å². The van der Waals surface area contributed by atoms with E-state index in [1.54, 1.807) is 0 Å². The highest BCUT2D eigenvalue weighted by atomic mass is 79.9. The van der Waals surface area contributed by atoms with Crippen LogP contribution in [0, 0.1) is 6.92 Å². The van der Waals surface area contributed by atoms with Crippen LogP contribution in [0.15, 0.2) is 22.7 Å². The molecule has 0 saturated carbocycles. The van der Waals surface area contributed by atoms with Gasteiger partial charge in [0.05, 0.1) is 6.23 Å². The third-order valence-corrected chi connectivity index (χ3v) is 5.64. The predicted octanol–water partition coefficient (Wildman–Crippen LogP) is 2.78. The molecule has 0 atom stereocenters. The molecular weight excluding hydrogens is 284 g/mol. The summed E-state index contributed by atoms with van der Waals surface area (Å²) < 4.78 is 6.24. The number of carbonyl (C=O) groups excluding carboxylic acids is 1. The van der Waals surface area contributed by atoms with Gasteiger partial charge in [0.1, 0.15) is 8.07 Å². The quantitative estimate of drug-likeness (QED) is 0.634. The minimum Gasteiger partial charge on any atom is -0.469 e. The molecule has 88 valence electrons. The molecule has 0 aromatic heterocycles. The van der Waals surface area contributed by atoms with Crippen molar-refractivity contribution in [2.24, 2.45) is 0 Å². The lowest BCUT2D eigenvalue weighted by molar-refractivity contribution is -0.139. The normalized spacial score (nSPS) is 11.3. The van der Waals surface area contributed by atoms with E-state index >= 15 is 0 Å². The number of hydrogen-bond acceptors (Lipinski definition) is 2. The summed E-state index contributed by atoms with van der Waals surface area (Å²) in [6.07, 6.45) is 0.540. The van der Waals surface area contributed by atoms with Crippen LogP contribution in [0.25, 0.3) is 0 Å². The molecule has 1 aromatic rings. The van der Waals surface area contributed by atoms with E-state index in [1.165, 1.54) is 17.7 Å². The van der Waals surface area contributed by atoms with Crippen LogP contribution in [0.2, 0.25) is 13.1 Å². The molecule has 1 rings (SSSR count). The van der Waals surface area contributed by atoms with Crippen LogP contribution in [-0.4, -0.2) is 20.3 Å². The smallest absolute Gasteiger partial charge is 0.302 e. The second-order valence-corrected chi connectivity index (χ2v) is 10.2. The summed E-state index contributed by atoms with van der Waals surface area (Å²) >= 11 is 3.50. The van der Waals surface area contributed by atoms with Crippen LogP contribution in [0.3, 0.4) is 0 Å². The Labute approximate surface area is 106 Å². The van der Waals surface area contributed by atoms with Gasteiger partial charge in [-0.3, -0.25) is 4.79 Å². The van der Waals surface area contributed by atoms with Crippen molar-refractivity contribution in [2.45, 2.75) is 26.9 Å². The number of benzene rings is 1. The van der Waals surface area contributed by atoms with Gasteiger partial charge in [0.25, 0.3) is 0 Å². The zero-order valence-corrected chi connectivity index (χ0v) is 12.7. The fraction of sp³-hybridized carbons (Fsp3) is 0.417. The number of rotatable bonds is 3. The molecule has 0 aliphatic heterocycles. The van der Waals surface area contributed by atoms with E-state index in [-0.39, 0.29) is 5.97 Å². The van der Waals surface area contributed by atoms with Crippen molar-refractivity contribution >= 4 is 35.2 Å². The van der Waals surface area contributed by atoms with E-state index < -0.39 is 8.07 Å². The monoisotopic (exact) mass is 300 g/mol. The second-order valence-electron chi connectivity index (χ2n) is 4.68. The molecule has 4 heteroatoms. The average Bonchev–Trinajstić information content (AvgIpc) is 2.13. The lowest BCUT2D eigenvalue weighted by Gasteiger charge is -2.22. The number of hydrogen-bond donors (Lipinski definition) is 0. The van der Waals surface area contributed by atoms with E-state index in [1.807, 2.05) is 0 Å². The highest BCUT2D eigenvalue weighted by Crippen LogP contribution is 2.13. The van der Waals surface area contributed by atoms with Crippen LogP contribution in [0.1, 0.15) is 12.5 Å². The zero-order chi connectivity index (χ0) is 12.3. The predicted molar refractivity (Wildman–Crippen MR) is 72.6 cm³/mol. The minimum atomic E-state index is -1.68. The molecule has 0 saturated heterocycles. The van der Waals surface area contributed by atoms with Gasteiger partial charge in [0.2, 0.25) is 0 Å². The lowest BCUT2D eigenvalue weighted by Crippen LogP contribution is -2.47. The van der Waals surface area contributed by atoms with Crippen LogP contribution in [-0.2, 0) is 9.53 Å². The Morgan fingerprint density at radius 3 is 2.50 bits per heavy atom. The molecule has 0 aliphatic carbocycles. The highest BCUT2D eigenvalue weighted by molar-refractivity contribution is 9.10. The first-order valence-electron chi connectivity index (χ1n) is 5.22. The molecule has 16 heavy (non-hydrogen) atoms. The molecular formula is C12H17BrO2Si. The largest absolute Gasteiger partial charge is 0.469 e. The van der Waals surface area contributed by atoms with E-state index in [0.717, 1.165) is 4.47 Å². The Morgan fingerprint density at radius 1 is 1.38 bits per heavy atom. The standard InChI is InChI=1S/C12H17BrO2Si/c1-9-5-11(13)7-12(6-9)16(3,4)8-15-10(2)14/h5-7H,8H2,1-4H3. The lowest BCUT2D eigenvalue weighted by atomic mass is 10.2. The molecule has 0 spiro atoms. The van der Waals surface area contributed by atoms with Gasteiger partial charge in [-0.05, 0) is 19.1 Å². The minimum absolute atomic E-state index is 0.202. The molecule has 0 unspecified atom stereocenters. The van der Waals surface area contributed by atoms with Gasteiger partial charge in [-0.15, -0.1) is 0 Å². The number of aryl methyl sites for hydroxylation is 1. The van der Waals surface area contributed by atoms with Gasteiger partial charge in [0, 0.05) is 11.4 Å². The van der Waals surface area contributed by atoms with Gasteiger partial charge in [0.15, 0.2) is 0 Å². The molecule has 0 radical (unpaired) electrons. The third-order valence-electron chi connectivity index (χ3n) is 2.46. The summed E-state index contributed by atoms with van der Waals surface area (Å²) in [6, 6.07) is 6.39. The first-order chi connectivity index (χ1) is 7.31. The van der Waals surface area contributed by atoms with Crippen molar-refractivity contribution in [3.63, 3.8) is 0 Å². The fourth-order valence-corrected chi connectivity index (χ4v) is 4.21. The van der Waals surface area contributed by atoms with Crippen molar-refractivity contribution in [1.82, 2.24) is 0 Å². The van der Waals surface area contributed by atoms with E-state index in [4.69, 9.17) is 4.74 Å². The molecule has 0 aliphatic rings. The van der Waals surface area contributed by atoms with Gasteiger partial charge in [-0.25, -0.2) is 0 Å². The summed E-state index contributed by atoms with van der Waals surface area (Å²) in [6.45, 7) is 7.94. The van der Waals surface area contributed by atoms with Gasteiger partial charge >= 0.3 is 5.97 Å². The molecule has 1 aromatic carbocycles.